The monoisotopic (exact) mass is 332 g/mol. The molecule has 0 saturated heterocycles. The van der Waals surface area contributed by atoms with Crippen LogP contribution < -0.4 is 4.74 Å². The third-order valence-corrected chi connectivity index (χ3v) is 3.91. The molecule has 0 aliphatic rings. The van der Waals surface area contributed by atoms with Crippen LogP contribution in [0.2, 0.25) is 0 Å². The topological polar surface area (TPSA) is 49.7 Å². The summed E-state index contributed by atoms with van der Waals surface area (Å²) < 4.78 is 5.87. The van der Waals surface area contributed by atoms with Crippen LogP contribution in [0.1, 0.15) is 11.1 Å². The first-order valence-electron chi connectivity index (χ1n) is 8.15. The van der Waals surface area contributed by atoms with Crippen LogP contribution in [-0.2, 0) is 6.61 Å². The molecule has 3 aromatic carbocycles. The van der Waals surface area contributed by atoms with Gasteiger partial charge in [0.05, 0.1) is 12.2 Å². The summed E-state index contributed by atoms with van der Waals surface area (Å²) in [5.41, 5.74) is 3.21. The fourth-order valence-electron chi connectivity index (χ4n) is 2.70. The summed E-state index contributed by atoms with van der Waals surface area (Å²) in [4.78, 5) is 0. The van der Waals surface area contributed by atoms with Gasteiger partial charge in [0.2, 0.25) is 0 Å². The maximum Gasteiger partial charge on any atom is 0.131 e. The van der Waals surface area contributed by atoms with Crippen molar-refractivity contribution in [1.29, 1.82) is 0 Å². The second-order valence-electron chi connectivity index (χ2n) is 5.59. The third kappa shape index (κ3) is 4.08. The van der Waals surface area contributed by atoms with Crippen molar-refractivity contribution in [2.45, 2.75) is 6.61 Å². The minimum atomic E-state index is -0.0993. The minimum Gasteiger partial charge on any atom is -0.507 e. The van der Waals surface area contributed by atoms with E-state index in [1.165, 1.54) is 0 Å². The first kappa shape index (κ1) is 16.8. The molecule has 126 valence electrons. The molecule has 0 fully saturated rings. The average Bonchev–Trinajstić information content (AvgIpc) is 2.66. The highest BCUT2D eigenvalue weighted by Crippen LogP contribution is 2.39. The van der Waals surface area contributed by atoms with Gasteiger partial charge in [0.25, 0.3) is 0 Å². The second kappa shape index (κ2) is 8.18. The molecule has 0 unspecified atom stereocenters. The second-order valence-corrected chi connectivity index (χ2v) is 5.59. The molecule has 3 nitrogen and oxygen atoms in total. The molecule has 3 heteroatoms. The zero-order valence-electron chi connectivity index (χ0n) is 13.8. The minimum absolute atomic E-state index is 0.0993. The van der Waals surface area contributed by atoms with Crippen LogP contribution in [0.4, 0.5) is 0 Å². The van der Waals surface area contributed by atoms with Crippen molar-refractivity contribution in [3.63, 3.8) is 0 Å². The van der Waals surface area contributed by atoms with Gasteiger partial charge in [-0.1, -0.05) is 66.7 Å². The van der Waals surface area contributed by atoms with E-state index in [0.717, 1.165) is 16.7 Å². The van der Waals surface area contributed by atoms with Crippen molar-refractivity contribution in [3.05, 3.63) is 90.0 Å². The highest BCUT2D eigenvalue weighted by atomic mass is 16.5. The number of aromatic hydroxyl groups is 1. The Kier molecular flexibility index (Phi) is 5.50. The average molecular weight is 332 g/mol. The predicted octanol–water partition coefficient (Wildman–Crippen LogP) is 4.64. The van der Waals surface area contributed by atoms with Gasteiger partial charge in [-0.25, -0.2) is 0 Å². The van der Waals surface area contributed by atoms with Gasteiger partial charge >= 0.3 is 0 Å². The van der Waals surface area contributed by atoms with Gasteiger partial charge in [0, 0.05) is 0 Å². The lowest BCUT2D eigenvalue weighted by atomic mass is 9.98. The van der Waals surface area contributed by atoms with Gasteiger partial charge in [0.15, 0.2) is 0 Å². The van der Waals surface area contributed by atoms with Gasteiger partial charge < -0.3 is 14.9 Å². The Morgan fingerprint density at radius 1 is 0.840 bits per heavy atom. The van der Waals surface area contributed by atoms with Crippen LogP contribution in [-0.4, -0.2) is 16.8 Å². The van der Waals surface area contributed by atoms with Crippen molar-refractivity contribution in [1.82, 2.24) is 0 Å². The molecular weight excluding hydrogens is 312 g/mol. The SMILES string of the molecule is OCc1ccccc1-c1c(O)cccc1OCC=Cc1ccccc1. The quantitative estimate of drug-likeness (QED) is 0.691. The van der Waals surface area contributed by atoms with Crippen LogP contribution in [0.3, 0.4) is 0 Å². The van der Waals surface area contributed by atoms with E-state index < -0.39 is 0 Å². The van der Waals surface area contributed by atoms with Crippen molar-refractivity contribution in [3.8, 4) is 22.6 Å². The van der Waals surface area contributed by atoms with E-state index in [-0.39, 0.29) is 12.4 Å². The van der Waals surface area contributed by atoms with E-state index in [1.54, 1.807) is 12.1 Å². The maximum absolute atomic E-state index is 10.3. The molecule has 0 atom stereocenters. The van der Waals surface area contributed by atoms with Crippen molar-refractivity contribution in [2.75, 3.05) is 6.61 Å². The molecule has 3 rings (SSSR count). The Hall–Kier alpha value is -3.04. The zero-order chi connectivity index (χ0) is 17.5. The van der Waals surface area contributed by atoms with Crippen molar-refractivity contribution < 1.29 is 14.9 Å². The lowest BCUT2D eigenvalue weighted by Crippen LogP contribution is -1.97. The molecule has 0 aliphatic heterocycles. The summed E-state index contributed by atoms with van der Waals surface area (Å²) in [6, 6.07) is 22.6. The normalized spacial score (nSPS) is 10.9. The molecule has 0 aromatic heterocycles. The Balaban J connectivity index is 1.83. The number of hydrogen-bond acceptors (Lipinski definition) is 3. The van der Waals surface area contributed by atoms with Gasteiger partial charge in [0.1, 0.15) is 18.1 Å². The number of hydrogen-bond donors (Lipinski definition) is 2. The molecule has 0 saturated carbocycles. The predicted molar refractivity (Wildman–Crippen MR) is 100 cm³/mol. The van der Waals surface area contributed by atoms with Gasteiger partial charge in [-0.15, -0.1) is 0 Å². The van der Waals surface area contributed by atoms with E-state index >= 15 is 0 Å². The van der Waals surface area contributed by atoms with Gasteiger partial charge in [-0.05, 0) is 34.9 Å². The number of benzene rings is 3. The zero-order valence-corrected chi connectivity index (χ0v) is 13.8. The van der Waals surface area contributed by atoms with Gasteiger partial charge in [-0.2, -0.15) is 0 Å². The Bertz CT molecular complexity index is 854. The Morgan fingerprint density at radius 3 is 2.40 bits per heavy atom. The molecule has 0 amide bonds. The summed E-state index contributed by atoms with van der Waals surface area (Å²) in [5, 5.41) is 19.9. The van der Waals surface area contributed by atoms with E-state index in [9.17, 15) is 10.2 Å². The number of phenols is 1. The van der Waals surface area contributed by atoms with E-state index in [4.69, 9.17) is 4.74 Å². The third-order valence-electron chi connectivity index (χ3n) is 3.91. The van der Waals surface area contributed by atoms with Crippen LogP contribution in [0.25, 0.3) is 17.2 Å². The number of phenolic OH excluding ortho intramolecular Hbond substituents is 1. The molecule has 25 heavy (non-hydrogen) atoms. The molecule has 0 spiro atoms. The van der Waals surface area contributed by atoms with E-state index in [1.807, 2.05) is 72.8 Å². The Morgan fingerprint density at radius 2 is 1.60 bits per heavy atom. The number of ether oxygens (including phenoxy) is 1. The summed E-state index contributed by atoms with van der Waals surface area (Å²) in [6.07, 6.45) is 3.92. The Labute approximate surface area is 147 Å². The van der Waals surface area contributed by atoms with Crippen LogP contribution in [0, 0.1) is 0 Å². The maximum atomic E-state index is 10.3. The number of rotatable bonds is 6. The lowest BCUT2D eigenvalue weighted by Gasteiger charge is -2.14. The largest absolute Gasteiger partial charge is 0.507 e. The van der Waals surface area contributed by atoms with Crippen LogP contribution in [0.15, 0.2) is 78.9 Å². The first-order chi connectivity index (χ1) is 12.3. The van der Waals surface area contributed by atoms with E-state index in [0.29, 0.717) is 17.9 Å². The lowest BCUT2D eigenvalue weighted by molar-refractivity contribution is 0.282. The first-order valence-corrected chi connectivity index (χ1v) is 8.15. The molecule has 0 heterocycles. The summed E-state index contributed by atoms with van der Waals surface area (Å²) in [6.45, 7) is 0.282. The van der Waals surface area contributed by atoms with Gasteiger partial charge in [-0.3, -0.25) is 0 Å². The number of aliphatic hydroxyl groups is 1. The summed E-state index contributed by atoms with van der Waals surface area (Å²) in [5.74, 6) is 0.712. The highest BCUT2D eigenvalue weighted by Gasteiger charge is 2.14. The fraction of sp³-hybridized carbons (Fsp3) is 0.0909. The smallest absolute Gasteiger partial charge is 0.131 e. The molecule has 3 aromatic rings. The fourth-order valence-corrected chi connectivity index (χ4v) is 2.70. The molecule has 0 radical (unpaired) electrons. The van der Waals surface area contributed by atoms with E-state index in [2.05, 4.69) is 0 Å². The molecule has 0 aliphatic carbocycles. The summed E-state index contributed by atoms with van der Waals surface area (Å²) >= 11 is 0. The molecule has 2 N–H and O–H groups in total. The molecule has 0 bridgehead atoms. The van der Waals surface area contributed by atoms with Crippen molar-refractivity contribution >= 4 is 6.08 Å². The standard InChI is InChI=1S/C22H20O3/c23-16-18-11-4-5-12-19(18)22-20(24)13-6-14-21(22)25-15-7-10-17-8-2-1-3-9-17/h1-14,23-24H,15-16H2. The number of aliphatic hydroxyl groups excluding tert-OH is 1. The van der Waals surface area contributed by atoms with Crippen LogP contribution in [0.5, 0.6) is 11.5 Å². The summed E-state index contributed by atoms with van der Waals surface area (Å²) in [7, 11) is 0. The van der Waals surface area contributed by atoms with Crippen molar-refractivity contribution in [2.24, 2.45) is 0 Å². The van der Waals surface area contributed by atoms with Crippen LogP contribution >= 0.6 is 0 Å². The molecular formula is C22H20O3. The highest BCUT2D eigenvalue weighted by molar-refractivity contribution is 5.78.